The number of carbonyl (C=O) groups is 1. The van der Waals surface area contributed by atoms with Crippen molar-refractivity contribution in [2.24, 2.45) is 0 Å². The van der Waals surface area contributed by atoms with Gasteiger partial charge in [-0.15, -0.1) is 0 Å². The maximum Gasteiger partial charge on any atom is 0.265 e. The van der Waals surface area contributed by atoms with Crippen molar-refractivity contribution in [3.05, 3.63) is 59.2 Å². The van der Waals surface area contributed by atoms with Crippen LogP contribution in [-0.4, -0.2) is 23.0 Å². The number of anilines is 1. The molecule has 2 aromatic carbocycles. The first-order valence-electron chi connectivity index (χ1n) is 8.99. The summed E-state index contributed by atoms with van der Waals surface area (Å²) < 4.78 is 5.77. The van der Waals surface area contributed by atoms with Crippen LogP contribution < -0.4 is 10.1 Å². The van der Waals surface area contributed by atoms with Gasteiger partial charge in [0.05, 0.1) is 0 Å². The molecule has 2 aliphatic rings. The number of carbonyl (C=O) groups excluding carboxylic acids is 1. The van der Waals surface area contributed by atoms with E-state index in [-0.39, 0.29) is 5.91 Å². The molecular weight excluding hydrogens is 312 g/mol. The SMILES string of the molecule is Cc1ccc(O[C@@H](C)C(=O)Nc2cccc3c2CN(C2CC2)C3)cc1. The minimum absolute atomic E-state index is 0.112. The molecule has 1 atom stereocenters. The van der Waals surface area contributed by atoms with Gasteiger partial charge in [-0.05, 0) is 56.0 Å². The first kappa shape index (κ1) is 16.2. The van der Waals surface area contributed by atoms with E-state index in [0.717, 1.165) is 24.8 Å². The van der Waals surface area contributed by atoms with E-state index in [4.69, 9.17) is 4.74 Å². The van der Waals surface area contributed by atoms with E-state index < -0.39 is 6.10 Å². The van der Waals surface area contributed by atoms with Crippen LogP contribution in [-0.2, 0) is 17.9 Å². The fourth-order valence-corrected chi connectivity index (χ4v) is 3.37. The second-order valence-electron chi connectivity index (χ2n) is 7.14. The zero-order chi connectivity index (χ0) is 17.4. The van der Waals surface area contributed by atoms with Gasteiger partial charge in [0.2, 0.25) is 0 Å². The lowest BCUT2D eigenvalue weighted by atomic mass is 10.1. The van der Waals surface area contributed by atoms with Gasteiger partial charge in [-0.25, -0.2) is 0 Å². The Morgan fingerprint density at radius 2 is 1.92 bits per heavy atom. The lowest BCUT2D eigenvalue weighted by Gasteiger charge is -2.17. The highest BCUT2D eigenvalue weighted by molar-refractivity contribution is 5.95. The van der Waals surface area contributed by atoms with Gasteiger partial charge in [0, 0.05) is 24.8 Å². The summed E-state index contributed by atoms with van der Waals surface area (Å²) in [5.74, 6) is 0.602. The predicted octanol–water partition coefficient (Wildman–Crippen LogP) is 3.88. The lowest BCUT2D eigenvalue weighted by Crippen LogP contribution is -2.30. The van der Waals surface area contributed by atoms with Crippen molar-refractivity contribution in [3.8, 4) is 5.75 Å². The molecule has 1 heterocycles. The maximum absolute atomic E-state index is 12.6. The van der Waals surface area contributed by atoms with Crippen molar-refractivity contribution in [1.82, 2.24) is 4.90 Å². The number of ether oxygens (including phenoxy) is 1. The second kappa shape index (κ2) is 6.52. The van der Waals surface area contributed by atoms with E-state index in [9.17, 15) is 4.79 Å². The summed E-state index contributed by atoms with van der Waals surface area (Å²) in [4.78, 5) is 15.1. The maximum atomic E-state index is 12.6. The van der Waals surface area contributed by atoms with Gasteiger partial charge in [0.1, 0.15) is 5.75 Å². The van der Waals surface area contributed by atoms with Crippen molar-refractivity contribution in [2.75, 3.05) is 5.32 Å². The molecule has 2 aromatic rings. The number of aryl methyl sites for hydroxylation is 1. The number of amides is 1. The Kier molecular flexibility index (Phi) is 4.22. The van der Waals surface area contributed by atoms with Crippen LogP contribution in [0.3, 0.4) is 0 Å². The van der Waals surface area contributed by atoms with Gasteiger partial charge < -0.3 is 10.1 Å². The van der Waals surface area contributed by atoms with Gasteiger partial charge in [0.15, 0.2) is 6.10 Å². The normalized spacial score (nSPS) is 17.8. The second-order valence-corrected chi connectivity index (χ2v) is 7.14. The molecule has 4 nitrogen and oxygen atoms in total. The number of rotatable bonds is 5. The molecule has 0 bridgehead atoms. The number of nitrogens with one attached hydrogen (secondary N) is 1. The van der Waals surface area contributed by atoms with E-state index in [2.05, 4.69) is 16.3 Å². The molecule has 0 spiro atoms. The third-order valence-electron chi connectivity index (χ3n) is 5.03. The highest BCUT2D eigenvalue weighted by Crippen LogP contribution is 2.37. The molecule has 0 radical (unpaired) electrons. The van der Waals surface area contributed by atoms with E-state index in [1.807, 2.05) is 43.3 Å². The average Bonchev–Trinajstić information content (AvgIpc) is 3.36. The number of hydrogen-bond donors (Lipinski definition) is 1. The zero-order valence-electron chi connectivity index (χ0n) is 14.8. The van der Waals surface area contributed by atoms with Crippen molar-refractivity contribution in [3.63, 3.8) is 0 Å². The Labute approximate surface area is 148 Å². The van der Waals surface area contributed by atoms with Crippen LogP contribution in [0.1, 0.15) is 36.5 Å². The monoisotopic (exact) mass is 336 g/mol. The topological polar surface area (TPSA) is 41.6 Å². The first-order chi connectivity index (χ1) is 12.1. The lowest BCUT2D eigenvalue weighted by molar-refractivity contribution is -0.122. The minimum Gasteiger partial charge on any atom is -0.481 e. The molecule has 4 rings (SSSR count). The van der Waals surface area contributed by atoms with Gasteiger partial charge in [0.25, 0.3) is 5.91 Å². The van der Waals surface area contributed by atoms with Gasteiger partial charge >= 0.3 is 0 Å². The van der Waals surface area contributed by atoms with E-state index in [1.54, 1.807) is 6.92 Å². The van der Waals surface area contributed by atoms with Crippen LogP contribution in [0.2, 0.25) is 0 Å². The molecule has 25 heavy (non-hydrogen) atoms. The van der Waals surface area contributed by atoms with Crippen molar-refractivity contribution in [1.29, 1.82) is 0 Å². The largest absolute Gasteiger partial charge is 0.481 e. The summed E-state index contributed by atoms with van der Waals surface area (Å²) in [5.41, 5.74) is 4.68. The van der Waals surface area contributed by atoms with Crippen LogP contribution in [0.4, 0.5) is 5.69 Å². The Morgan fingerprint density at radius 1 is 1.16 bits per heavy atom. The highest BCUT2D eigenvalue weighted by atomic mass is 16.5. The molecular formula is C21H24N2O2. The Morgan fingerprint density at radius 3 is 2.64 bits per heavy atom. The number of hydrogen-bond acceptors (Lipinski definition) is 3. The molecule has 1 fully saturated rings. The van der Waals surface area contributed by atoms with Gasteiger partial charge in [-0.1, -0.05) is 29.8 Å². The third kappa shape index (κ3) is 3.54. The predicted molar refractivity (Wildman–Crippen MR) is 98.6 cm³/mol. The van der Waals surface area contributed by atoms with E-state index in [0.29, 0.717) is 5.75 Å². The molecule has 1 amide bonds. The standard InChI is InChI=1S/C21H24N2O2/c1-14-6-10-18(11-7-14)25-15(2)21(24)22-20-5-3-4-16-12-23(13-19(16)20)17-8-9-17/h3-7,10-11,15,17H,8-9,12-13H2,1-2H3,(H,22,24)/t15-/m0/s1. The van der Waals surface area contributed by atoms with Gasteiger partial charge in [-0.3, -0.25) is 9.69 Å². The third-order valence-corrected chi connectivity index (χ3v) is 5.03. The average molecular weight is 336 g/mol. The van der Waals surface area contributed by atoms with E-state index in [1.165, 1.54) is 29.5 Å². The van der Waals surface area contributed by atoms with Crippen LogP contribution in [0, 0.1) is 6.92 Å². The van der Waals surface area contributed by atoms with E-state index >= 15 is 0 Å². The molecule has 130 valence electrons. The van der Waals surface area contributed by atoms with Gasteiger partial charge in [-0.2, -0.15) is 0 Å². The zero-order valence-corrected chi connectivity index (χ0v) is 14.8. The summed E-state index contributed by atoms with van der Waals surface area (Å²) in [6.07, 6.45) is 2.06. The summed E-state index contributed by atoms with van der Waals surface area (Å²) in [6.45, 7) is 5.75. The molecule has 0 aromatic heterocycles. The molecule has 1 aliphatic carbocycles. The summed E-state index contributed by atoms with van der Waals surface area (Å²) >= 11 is 0. The smallest absolute Gasteiger partial charge is 0.265 e. The Balaban J connectivity index is 1.43. The quantitative estimate of drug-likeness (QED) is 0.901. The van der Waals surface area contributed by atoms with Crippen LogP contribution in [0.15, 0.2) is 42.5 Å². The summed E-state index contributed by atoms with van der Waals surface area (Å²) in [5, 5.41) is 3.06. The molecule has 0 unspecified atom stereocenters. The number of benzene rings is 2. The molecule has 4 heteroatoms. The highest BCUT2D eigenvalue weighted by Gasteiger charge is 2.34. The van der Waals surface area contributed by atoms with Crippen molar-refractivity contribution in [2.45, 2.75) is 51.9 Å². The number of fused-ring (bicyclic) bond motifs is 1. The van der Waals surface area contributed by atoms with Crippen LogP contribution >= 0.6 is 0 Å². The first-order valence-corrected chi connectivity index (χ1v) is 8.99. The molecule has 1 saturated carbocycles. The van der Waals surface area contributed by atoms with Crippen molar-refractivity contribution >= 4 is 11.6 Å². The summed E-state index contributed by atoms with van der Waals surface area (Å²) in [7, 11) is 0. The van der Waals surface area contributed by atoms with Crippen LogP contribution in [0.25, 0.3) is 0 Å². The van der Waals surface area contributed by atoms with Crippen LogP contribution in [0.5, 0.6) is 5.75 Å². The Bertz CT molecular complexity index is 781. The van der Waals surface area contributed by atoms with Crippen molar-refractivity contribution < 1.29 is 9.53 Å². The Hall–Kier alpha value is -2.33. The summed E-state index contributed by atoms with van der Waals surface area (Å²) in [6, 6.07) is 14.7. The molecule has 1 N–H and O–H groups in total. The number of nitrogens with zero attached hydrogens (tertiary/aromatic N) is 1. The fourth-order valence-electron chi connectivity index (χ4n) is 3.37. The molecule has 0 saturated heterocycles. The fraction of sp³-hybridized carbons (Fsp3) is 0.381. The minimum atomic E-state index is -0.542. The molecule has 1 aliphatic heterocycles.